The molecule has 0 aliphatic carbocycles. The first-order valence-electron chi connectivity index (χ1n) is 7.61. The fraction of sp³-hybridized carbons (Fsp3) is 0.235. The molecule has 2 aromatic heterocycles. The smallest absolute Gasteiger partial charge is 0.222 e. The molecule has 0 fully saturated rings. The third-order valence-corrected chi connectivity index (χ3v) is 3.37. The zero-order chi connectivity index (χ0) is 16.1. The second kappa shape index (κ2) is 7.00. The topological polar surface area (TPSA) is 55.6 Å². The van der Waals surface area contributed by atoms with Crippen molar-refractivity contribution in [1.82, 2.24) is 19.7 Å². The van der Waals surface area contributed by atoms with Gasteiger partial charge in [0.25, 0.3) is 0 Å². The van der Waals surface area contributed by atoms with Crippen molar-refractivity contribution in [3.8, 4) is 11.5 Å². The number of halogens is 1. The number of nitrogens with zero attached hydrogens (tertiary/aromatic N) is 4. The number of benzene rings is 1. The van der Waals surface area contributed by atoms with E-state index in [0.717, 1.165) is 24.2 Å². The molecule has 1 N–H and O–H groups in total. The zero-order valence-electron chi connectivity index (χ0n) is 12.9. The molecule has 0 saturated heterocycles. The van der Waals surface area contributed by atoms with Crippen LogP contribution in [0.4, 0.5) is 10.3 Å². The summed E-state index contributed by atoms with van der Waals surface area (Å²) in [4.78, 5) is 8.82. The lowest BCUT2D eigenvalue weighted by molar-refractivity contribution is 0.607. The van der Waals surface area contributed by atoms with Crippen LogP contribution in [0, 0.1) is 5.82 Å². The first kappa shape index (κ1) is 15.1. The molecule has 6 heteroatoms. The van der Waals surface area contributed by atoms with Crippen LogP contribution in [0.1, 0.15) is 18.9 Å². The van der Waals surface area contributed by atoms with Gasteiger partial charge in [-0.3, -0.25) is 4.98 Å². The molecule has 5 nitrogen and oxygen atoms in total. The maximum absolute atomic E-state index is 13.0. The number of anilines is 1. The van der Waals surface area contributed by atoms with E-state index in [0.29, 0.717) is 18.3 Å². The van der Waals surface area contributed by atoms with E-state index >= 15 is 0 Å². The van der Waals surface area contributed by atoms with Gasteiger partial charge in [-0.2, -0.15) is 4.98 Å². The van der Waals surface area contributed by atoms with Crippen molar-refractivity contribution in [1.29, 1.82) is 0 Å². The molecule has 3 aromatic rings. The summed E-state index contributed by atoms with van der Waals surface area (Å²) in [5.41, 5.74) is 1.73. The molecule has 23 heavy (non-hydrogen) atoms. The number of aromatic nitrogens is 4. The largest absolute Gasteiger partial charge is 0.350 e. The number of pyridine rings is 1. The Kier molecular flexibility index (Phi) is 4.61. The normalized spacial score (nSPS) is 10.7. The predicted octanol–water partition coefficient (Wildman–Crippen LogP) is 3.50. The highest BCUT2D eigenvalue weighted by Gasteiger charge is 2.11. The van der Waals surface area contributed by atoms with Crippen molar-refractivity contribution in [2.45, 2.75) is 26.4 Å². The quantitative estimate of drug-likeness (QED) is 0.757. The fourth-order valence-electron chi connectivity index (χ4n) is 2.23. The number of hydrogen-bond donors (Lipinski definition) is 1. The molecule has 0 radical (unpaired) electrons. The van der Waals surface area contributed by atoms with Crippen LogP contribution in [-0.2, 0) is 13.1 Å². The van der Waals surface area contributed by atoms with Crippen LogP contribution in [0.15, 0.2) is 48.7 Å². The van der Waals surface area contributed by atoms with Crippen molar-refractivity contribution in [3.63, 3.8) is 0 Å². The zero-order valence-corrected chi connectivity index (χ0v) is 12.9. The monoisotopic (exact) mass is 311 g/mol. The number of rotatable bonds is 6. The van der Waals surface area contributed by atoms with Crippen LogP contribution in [-0.4, -0.2) is 19.7 Å². The van der Waals surface area contributed by atoms with Crippen molar-refractivity contribution in [3.05, 3.63) is 60.0 Å². The first-order chi connectivity index (χ1) is 11.3. The maximum Gasteiger partial charge on any atom is 0.222 e. The lowest BCUT2D eigenvalue weighted by Gasteiger charge is -2.07. The van der Waals surface area contributed by atoms with Crippen LogP contribution in [0.2, 0.25) is 0 Å². The molecule has 0 saturated carbocycles. The van der Waals surface area contributed by atoms with Gasteiger partial charge in [0.05, 0.1) is 0 Å². The molecule has 0 amide bonds. The van der Waals surface area contributed by atoms with E-state index in [9.17, 15) is 4.39 Å². The van der Waals surface area contributed by atoms with E-state index in [1.165, 1.54) is 12.1 Å². The van der Waals surface area contributed by atoms with Gasteiger partial charge in [-0.15, -0.1) is 5.10 Å². The van der Waals surface area contributed by atoms with Crippen LogP contribution >= 0.6 is 0 Å². The standard InChI is InChI=1S/C17H18FN5/c1-2-11-23-17(20-12-13-6-8-14(18)9-7-13)21-16(22-23)15-5-3-4-10-19-15/h3-10H,2,11-12H2,1H3,(H,20,21,22). The van der Waals surface area contributed by atoms with Crippen molar-refractivity contribution >= 4 is 5.95 Å². The minimum Gasteiger partial charge on any atom is -0.350 e. The third kappa shape index (κ3) is 3.71. The van der Waals surface area contributed by atoms with Gasteiger partial charge in [0.2, 0.25) is 11.8 Å². The second-order valence-corrected chi connectivity index (χ2v) is 5.18. The molecular formula is C17H18FN5. The Morgan fingerprint density at radius 1 is 1.13 bits per heavy atom. The lowest BCUT2D eigenvalue weighted by atomic mass is 10.2. The lowest BCUT2D eigenvalue weighted by Crippen LogP contribution is -2.08. The highest BCUT2D eigenvalue weighted by Crippen LogP contribution is 2.16. The maximum atomic E-state index is 13.0. The molecule has 0 atom stereocenters. The Labute approximate surface area is 134 Å². The molecule has 2 heterocycles. The number of aryl methyl sites for hydroxylation is 1. The van der Waals surface area contributed by atoms with E-state index in [-0.39, 0.29) is 5.82 Å². The highest BCUT2D eigenvalue weighted by molar-refractivity contribution is 5.50. The Morgan fingerprint density at radius 3 is 2.65 bits per heavy atom. The summed E-state index contributed by atoms with van der Waals surface area (Å²) < 4.78 is 14.8. The van der Waals surface area contributed by atoms with Gasteiger partial charge < -0.3 is 5.32 Å². The Morgan fingerprint density at radius 2 is 1.96 bits per heavy atom. The molecule has 0 spiro atoms. The molecule has 0 bridgehead atoms. The Balaban J connectivity index is 1.80. The van der Waals surface area contributed by atoms with Gasteiger partial charge in [0.1, 0.15) is 11.5 Å². The van der Waals surface area contributed by atoms with Gasteiger partial charge in [-0.05, 0) is 36.2 Å². The minimum absolute atomic E-state index is 0.236. The summed E-state index contributed by atoms with van der Waals surface area (Å²) in [5.74, 6) is 1.05. The van der Waals surface area contributed by atoms with Crippen molar-refractivity contribution in [2.24, 2.45) is 0 Å². The summed E-state index contributed by atoms with van der Waals surface area (Å²) in [6.45, 7) is 3.42. The van der Waals surface area contributed by atoms with Crippen molar-refractivity contribution < 1.29 is 4.39 Å². The minimum atomic E-state index is -0.236. The van der Waals surface area contributed by atoms with Gasteiger partial charge >= 0.3 is 0 Å². The van der Waals surface area contributed by atoms with Crippen LogP contribution in [0.5, 0.6) is 0 Å². The van der Waals surface area contributed by atoms with E-state index in [2.05, 4.69) is 27.3 Å². The summed E-state index contributed by atoms with van der Waals surface area (Å²) in [6.07, 6.45) is 2.68. The molecule has 3 rings (SSSR count). The number of hydrogen-bond acceptors (Lipinski definition) is 4. The van der Waals surface area contributed by atoms with Crippen LogP contribution < -0.4 is 5.32 Å². The molecule has 0 aliphatic rings. The molecule has 118 valence electrons. The second-order valence-electron chi connectivity index (χ2n) is 5.18. The van der Waals surface area contributed by atoms with Crippen molar-refractivity contribution in [2.75, 3.05) is 5.32 Å². The molecule has 1 aromatic carbocycles. The summed E-state index contributed by atoms with van der Waals surface area (Å²) >= 11 is 0. The highest BCUT2D eigenvalue weighted by atomic mass is 19.1. The first-order valence-corrected chi connectivity index (χ1v) is 7.61. The van der Waals surface area contributed by atoms with Gasteiger partial charge in [-0.25, -0.2) is 9.07 Å². The van der Waals surface area contributed by atoms with E-state index in [1.54, 1.807) is 18.3 Å². The van der Waals surface area contributed by atoms with Gasteiger partial charge in [0.15, 0.2) is 0 Å². The van der Waals surface area contributed by atoms with E-state index in [1.807, 2.05) is 22.9 Å². The van der Waals surface area contributed by atoms with Crippen LogP contribution in [0.3, 0.4) is 0 Å². The average molecular weight is 311 g/mol. The number of nitrogens with one attached hydrogen (secondary N) is 1. The predicted molar refractivity (Wildman–Crippen MR) is 87.3 cm³/mol. The summed E-state index contributed by atoms with van der Waals surface area (Å²) in [5, 5.41) is 7.78. The van der Waals surface area contributed by atoms with Gasteiger partial charge in [0, 0.05) is 19.3 Å². The average Bonchev–Trinajstić information content (AvgIpc) is 2.99. The molecule has 0 aliphatic heterocycles. The third-order valence-electron chi connectivity index (χ3n) is 3.37. The summed E-state index contributed by atoms with van der Waals surface area (Å²) in [6, 6.07) is 12.1. The van der Waals surface area contributed by atoms with Crippen LogP contribution in [0.25, 0.3) is 11.5 Å². The van der Waals surface area contributed by atoms with Gasteiger partial charge in [-0.1, -0.05) is 25.1 Å². The van der Waals surface area contributed by atoms with E-state index in [4.69, 9.17) is 0 Å². The molecular weight excluding hydrogens is 293 g/mol. The Hall–Kier alpha value is -2.76. The SMILES string of the molecule is CCCn1nc(-c2ccccn2)nc1NCc1ccc(F)cc1. The Bertz CT molecular complexity index is 752. The summed E-state index contributed by atoms with van der Waals surface area (Å²) in [7, 11) is 0. The molecule has 0 unspecified atom stereocenters. The fourth-order valence-corrected chi connectivity index (χ4v) is 2.23. The van der Waals surface area contributed by atoms with E-state index < -0.39 is 0 Å².